The molecule has 1 aliphatic carbocycles. The van der Waals surface area contributed by atoms with Crippen molar-refractivity contribution >= 4 is 23.5 Å². The Hall–Kier alpha value is -2.48. The summed E-state index contributed by atoms with van der Waals surface area (Å²) >= 11 is 1.53. The van der Waals surface area contributed by atoms with E-state index in [2.05, 4.69) is 29.2 Å². The van der Waals surface area contributed by atoms with E-state index in [0.717, 1.165) is 17.9 Å². The highest BCUT2D eigenvalue weighted by atomic mass is 32.2. The molecular formula is C19H22N4O3S. The number of carbonyl (C=O) groups is 1. The molecule has 4 rings (SSSR count). The average Bonchev–Trinajstić information content (AvgIpc) is 2.96. The van der Waals surface area contributed by atoms with Gasteiger partial charge in [0.1, 0.15) is 6.04 Å². The lowest BCUT2D eigenvalue weighted by Gasteiger charge is -2.38. The molecule has 27 heavy (non-hydrogen) atoms. The Morgan fingerprint density at radius 2 is 2.07 bits per heavy atom. The lowest BCUT2D eigenvalue weighted by atomic mass is 9.73. The number of aromatic hydroxyl groups is 2. The average molecular weight is 386 g/mol. The van der Waals surface area contributed by atoms with Gasteiger partial charge in [-0.15, -0.1) is 5.10 Å². The van der Waals surface area contributed by atoms with Crippen LogP contribution in [0.25, 0.3) is 0 Å². The van der Waals surface area contributed by atoms with Crippen molar-refractivity contribution in [2.45, 2.75) is 44.8 Å². The van der Waals surface area contributed by atoms with Gasteiger partial charge in [-0.1, -0.05) is 38.6 Å². The zero-order valence-electron chi connectivity index (χ0n) is 15.5. The minimum atomic E-state index is -0.481. The Labute approximate surface area is 161 Å². The first-order valence-corrected chi connectivity index (χ1v) is 9.92. The van der Waals surface area contributed by atoms with Gasteiger partial charge in [-0.2, -0.15) is 4.98 Å². The van der Waals surface area contributed by atoms with Crippen molar-refractivity contribution in [3.8, 4) is 11.5 Å². The first-order chi connectivity index (χ1) is 12.8. The minimum Gasteiger partial charge on any atom is -0.504 e. The molecule has 0 saturated heterocycles. The van der Waals surface area contributed by atoms with Crippen LogP contribution in [0.4, 0.5) is 5.95 Å². The number of fused-ring (bicyclic) bond motifs is 1. The smallest absolute Gasteiger partial charge is 0.227 e. The first-order valence-electron chi connectivity index (χ1n) is 8.93. The molecule has 2 heterocycles. The predicted octanol–water partition coefficient (Wildman–Crippen LogP) is 3.46. The largest absolute Gasteiger partial charge is 0.504 e. The van der Waals surface area contributed by atoms with Gasteiger partial charge in [0.05, 0.1) is 0 Å². The molecule has 142 valence electrons. The van der Waals surface area contributed by atoms with E-state index in [9.17, 15) is 15.0 Å². The van der Waals surface area contributed by atoms with Gasteiger partial charge in [-0.3, -0.25) is 4.79 Å². The zero-order chi connectivity index (χ0) is 19.3. The standard InChI is InChI=1S/C19H22N4O3S/c1-4-27-18-21-17-20-11-8-19(2,3)9-14(26)15(11)16(23(17)22-18)10-5-6-12(24)13(25)7-10/h5-7,16,24-25H,4,8-9H2,1-3H3,(H,20,21,22). The highest BCUT2D eigenvalue weighted by Crippen LogP contribution is 2.46. The Balaban J connectivity index is 1.89. The number of phenols is 2. The van der Waals surface area contributed by atoms with Crippen molar-refractivity contribution in [2.24, 2.45) is 5.41 Å². The van der Waals surface area contributed by atoms with E-state index in [4.69, 9.17) is 0 Å². The van der Waals surface area contributed by atoms with Crippen LogP contribution in [0.15, 0.2) is 34.6 Å². The molecule has 1 unspecified atom stereocenters. The molecule has 1 aromatic heterocycles. The second-order valence-corrected chi connectivity index (χ2v) is 8.94. The van der Waals surface area contributed by atoms with Crippen molar-refractivity contribution in [3.63, 3.8) is 0 Å². The van der Waals surface area contributed by atoms with E-state index in [1.165, 1.54) is 23.9 Å². The van der Waals surface area contributed by atoms with Gasteiger partial charge in [-0.25, -0.2) is 4.68 Å². The van der Waals surface area contributed by atoms with Gasteiger partial charge >= 0.3 is 0 Å². The number of hydrogen-bond donors (Lipinski definition) is 3. The molecule has 7 nitrogen and oxygen atoms in total. The molecule has 8 heteroatoms. The number of Topliss-reactive ketones (excluding diaryl/α,β-unsaturated/α-hetero) is 1. The van der Waals surface area contributed by atoms with Crippen LogP contribution in [-0.4, -0.2) is 36.5 Å². The van der Waals surface area contributed by atoms with Crippen LogP contribution in [0.3, 0.4) is 0 Å². The molecule has 0 fully saturated rings. The van der Waals surface area contributed by atoms with Crippen LogP contribution >= 0.6 is 11.8 Å². The normalized spacial score (nSPS) is 20.9. The molecule has 1 atom stereocenters. The number of anilines is 1. The summed E-state index contributed by atoms with van der Waals surface area (Å²) in [7, 11) is 0. The molecular weight excluding hydrogens is 364 g/mol. The third kappa shape index (κ3) is 3.07. The molecule has 1 aliphatic heterocycles. The van der Waals surface area contributed by atoms with E-state index >= 15 is 0 Å². The zero-order valence-corrected chi connectivity index (χ0v) is 16.3. The molecule has 0 bridgehead atoms. The maximum absolute atomic E-state index is 13.0. The number of thioether (sulfide) groups is 1. The van der Waals surface area contributed by atoms with Crippen LogP contribution < -0.4 is 5.32 Å². The van der Waals surface area contributed by atoms with Gasteiger partial charge in [0.2, 0.25) is 11.1 Å². The topological polar surface area (TPSA) is 100 Å². The summed E-state index contributed by atoms with van der Waals surface area (Å²) in [6, 6.07) is 4.15. The van der Waals surface area contributed by atoms with Crippen LogP contribution in [-0.2, 0) is 4.79 Å². The van der Waals surface area contributed by atoms with Gasteiger partial charge in [0.25, 0.3) is 0 Å². The Morgan fingerprint density at radius 3 is 2.78 bits per heavy atom. The number of hydrogen-bond acceptors (Lipinski definition) is 7. The van der Waals surface area contributed by atoms with Crippen molar-refractivity contribution in [2.75, 3.05) is 11.1 Å². The number of allylic oxidation sites excluding steroid dienone is 2. The third-order valence-electron chi connectivity index (χ3n) is 4.90. The summed E-state index contributed by atoms with van der Waals surface area (Å²) in [6.45, 7) is 6.19. The monoisotopic (exact) mass is 386 g/mol. The lowest BCUT2D eigenvalue weighted by molar-refractivity contribution is -0.118. The van der Waals surface area contributed by atoms with Gasteiger partial charge in [-0.05, 0) is 35.3 Å². The number of phenolic OH excluding ortho intramolecular Hbond substituents is 2. The van der Waals surface area contributed by atoms with E-state index in [0.29, 0.717) is 28.7 Å². The molecule has 2 aromatic rings. The van der Waals surface area contributed by atoms with E-state index in [1.54, 1.807) is 10.7 Å². The molecule has 0 radical (unpaired) electrons. The minimum absolute atomic E-state index is 0.0668. The molecule has 0 spiro atoms. The summed E-state index contributed by atoms with van der Waals surface area (Å²) in [6.07, 6.45) is 1.19. The van der Waals surface area contributed by atoms with Crippen LogP contribution in [0.5, 0.6) is 11.5 Å². The summed E-state index contributed by atoms with van der Waals surface area (Å²) in [5, 5.41) is 28.2. The van der Waals surface area contributed by atoms with Crippen LogP contribution in [0.1, 0.15) is 45.2 Å². The van der Waals surface area contributed by atoms with E-state index in [1.807, 2.05) is 6.92 Å². The second kappa shape index (κ2) is 6.30. The molecule has 3 N–H and O–H groups in total. The summed E-state index contributed by atoms with van der Waals surface area (Å²) < 4.78 is 1.71. The Bertz CT molecular complexity index is 964. The maximum Gasteiger partial charge on any atom is 0.227 e. The second-order valence-electron chi connectivity index (χ2n) is 7.70. The molecule has 2 aliphatic rings. The highest BCUT2D eigenvalue weighted by molar-refractivity contribution is 7.99. The number of benzene rings is 1. The predicted molar refractivity (Wildman–Crippen MR) is 103 cm³/mol. The number of ketones is 1. The summed E-state index contributed by atoms with van der Waals surface area (Å²) in [5.41, 5.74) is 2.08. The van der Waals surface area contributed by atoms with E-state index in [-0.39, 0.29) is 22.7 Å². The summed E-state index contributed by atoms with van der Waals surface area (Å²) in [5.74, 6) is 1.08. The first kappa shape index (κ1) is 17.9. The fraction of sp³-hybridized carbons (Fsp3) is 0.421. The van der Waals surface area contributed by atoms with E-state index < -0.39 is 6.04 Å². The Kier molecular flexibility index (Phi) is 4.18. The van der Waals surface area contributed by atoms with Crippen molar-refractivity contribution < 1.29 is 15.0 Å². The van der Waals surface area contributed by atoms with Gasteiger partial charge < -0.3 is 15.5 Å². The number of carbonyl (C=O) groups excluding carboxylic acids is 1. The highest BCUT2D eigenvalue weighted by Gasteiger charge is 2.42. The SMILES string of the molecule is CCSc1nc2n(n1)C(c1ccc(O)c(O)c1)C1=C(CC(C)(C)CC1=O)N2. The maximum atomic E-state index is 13.0. The third-order valence-corrected chi connectivity index (χ3v) is 5.62. The quantitative estimate of drug-likeness (QED) is 0.549. The fourth-order valence-electron chi connectivity index (χ4n) is 3.80. The van der Waals surface area contributed by atoms with Crippen LogP contribution in [0.2, 0.25) is 0 Å². The lowest BCUT2D eigenvalue weighted by Crippen LogP contribution is -2.36. The van der Waals surface area contributed by atoms with Gasteiger partial charge in [0, 0.05) is 17.7 Å². The summed E-state index contributed by atoms with van der Waals surface area (Å²) in [4.78, 5) is 17.6. The number of nitrogens with zero attached hydrogens (tertiary/aromatic N) is 3. The number of aromatic nitrogens is 3. The number of nitrogens with one attached hydrogen (secondary N) is 1. The van der Waals surface area contributed by atoms with Crippen molar-refractivity contribution in [1.82, 2.24) is 14.8 Å². The molecule has 0 saturated carbocycles. The number of rotatable bonds is 3. The van der Waals surface area contributed by atoms with Gasteiger partial charge in [0.15, 0.2) is 17.3 Å². The van der Waals surface area contributed by atoms with Crippen molar-refractivity contribution in [3.05, 3.63) is 35.0 Å². The van der Waals surface area contributed by atoms with Crippen molar-refractivity contribution in [1.29, 1.82) is 0 Å². The Morgan fingerprint density at radius 1 is 1.30 bits per heavy atom. The molecule has 0 amide bonds. The molecule has 1 aromatic carbocycles. The van der Waals surface area contributed by atoms with Crippen LogP contribution in [0, 0.1) is 5.41 Å². The fourth-order valence-corrected chi connectivity index (χ4v) is 4.35.